The minimum atomic E-state index is -3.17. The van der Waals surface area contributed by atoms with Crippen LogP contribution in [0.3, 0.4) is 0 Å². The van der Waals surface area contributed by atoms with Gasteiger partial charge in [-0.2, -0.15) is 4.31 Å². The Kier molecular flexibility index (Phi) is 4.50. The Hall–Kier alpha value is -0.330. The van der Waals surface area contributed by atoms with Gasteiger partial charge < -0.3 is 4.90 Å². The van der Waals surface area contributed by atoms with Crippen molar-refractivity contribution in [2.45, 2.75) is 31.7 Å². The van der Waals surface area contributed by atoms with Crippen LogP contribution in [-0.2, 0) is 14.8 Å². The molecule has 0 saturated carbocycles. The van der Waals surface area contributed by atoms with E-state index >= 15 is 0 Å². The lowest BCUT2D eigenvalue weighted by Crippen LogP contribution is -2.53. The van der Waals surface area contributed by atoms with E-state index in [9.17, 15) is 13.2 Å². The van der Waals surface area contributed by atoms with Crippen molar-refractivity contribution in [3.8, 4) is 0 Å². The van der Waals surface area contributed by atoms with E-state index in [0.29, 0.717) is 38.4 Å². The lowest BCUT2D eigenvalue weighted by atomic mass is 10.2. The molecule has 7 heteroatoms. The van der Waals surface area contributed by atoms with Crippen LogP contribution < -0.4 is 0 Å². The van der Waals surface area contributed by atoms with Gasteiger partial charge in [-0.3, -0.25) is 4.79 Å². The second kappa shape index (κ2) is 5.75. The molecule has 1 amide bonds. The Morgan fingerprint density at radius 3 is 2.78 bits per heavy atom. The van der Waals surface area contributed by atoms with Gasteiger partial charge in [-0.25, -0.2) is 8.42 Å². The predicted octanol–water partition coefficient (Wildman–Crippen LogP) is 0.642. The van der Waals surface area contributed by atoms with Crippen molar-refractivity contribution >= 4 is 27.5 Å². The van der Waals surface area contributed by atoms with Gasteiger partial charge in [-0.15, -0.1) is 11.6 Å². The summed E-state index contributed by atoms with van der Waals surface area (Å²) in [6.45, 7) is 1.44. The number of rotatable bonds is 5. The maximum absolute atomic E-state index is 12.1. The van der Waals surface area contributed by atoms with Crippen LogP contribution in [0.15, 0.2) is 0 Å². The smallest absolute Gasteiger partial charge is 0.222 e. The fourth-order valence-electron chi connectivity index (χ4n) is 2.60. The van der Waals surface area contributed by atoms with Crippen molar-refractivity contribution in [3.63, 3.8) is 0 Å². The van der Waals surface area contributed by atoms with Gasteiger partial charge in [-0.1, -0.05) is 0 Å². The summed E-state index contributed by atoms with van der Waals surface area (Å²) in [5, 5.41) is 0. The summed E-state index contributed by atoms with van der Waals surface area (Å²) < 4.78 is 25.8. The third-order valence-corrected chi connectivity index (χ3v) is 5.83. The van der Waals surface area contributed by atoms with E-state index in [4.69, 9.17) is 11.6 Å². The molecule has 0 spiro atoms. The number of fused-ring (bicyclic) bond motifs is 1. The van der Waals surface area contributed by atoms with E-state index in [0.717, 1.165) is 12.8 Å². The molecule has 1 atom stereocenters. The van der Waals surface area contributed by atoms with E-state index in [1.165, 1.54) is 0 Å². The summed E-state index contributed by atoms with van der Waals surface area (Å²) >= 11 is 5.55. The van der Waals surface area contributed by atoms with Crippen molar-refractivity contribution < 1.29 is 13.2 Å². The topological polar surface area (TPSA) is 57.7 Å². The number of halogens is 1. The SMILES string of the molecule is O=C1CCC2CN(S(=O)(=O)CCCCCl)CCN12. The van der Waals surface area contributed by atoms with Gasteiger partial charge in [0, 0.05) is 38.0 Å². The monoisotopic (exact) mass is 294 g/mol. The summed E-state index contributed by atoms with van der Waals surface area (Å²) in [6, 6.07) is 0.0917. The molecule has 2 fully saturated rings. The number of alkyl halides is 1. The molecule has 2 rings (SSSR count). The van der Waals surface area contributed by atoms with Crippen molar-refractivity contribution in [1.29, 1.82) is 0 Å². The molecule has 0 aromatic carbocycles. The molecule has 2 saturated heterocycles. The molecular weight excluding hydrogens is 276 g/mol. The fourth-order valence-corrected chi connectivity index (χ4v) is 4.37. The van der Waals surface area contributed by atoms with Crippen LogP contribution in [0.25, 0.3) is 0 Å². The predicted molar refractivity (Wildman–Crippen MR) is 70.0 cm³/mol. The second-order valence-corrected chi connectivity index (χ2v) is 7.32. The average molecular weight is 295 g/mol. The molecule has 0 aromatic rings. The third kappa shape index (κ3) is 2.97. The van der Waals surface area contributed by atoms with Gasteiger partial charge in [0.15, 0.2) is 0 Å². The zero-order valence-electron chi connectivity index (χ0n) is 10.3. The largest absolute Gasteiger partial charge is 0.337 e. The number of hydrogen-bond donors (Lipinski definition) is 0. The highest BCUT2D eigenvalue weighted by Gasteiger charge is 2.38. The van der Waals surface area contributed by atoms with Crippen molar-refractivity contribution in [3.05, 3.63) is 0 Å². The highest BCUT2D eigenvalue weighted by molar-refractivity contribution is 7.89. The molecule has 0 N–H and O–H groups in total. The first-order valence-corrected chi connectivity index (χ1v) is 8.52. The fraction of sp³-hybridized carbons (Fsp3) is 0.909. The van der Waals surface area contributed by atoms with Gasteiger partial charge in [0.25, 0.3) is 0 Å². The first-order chi connectivity index (χ1) is 8.54. The highest BCUT2D eigenvalue weighted by atomic mass is 35.5. The summed E-state index contributed by atoms with van der Waals surface area (Å²) in [7, 11) is -3.17. The van der Waals surface area contributed by atoms with Crippen LogP contribution in [0.5, 0.6) is 0 Å². The molecular formula is C11H19ClN2O3S. The summed E-state index contributed by atoms with van der Waals surface area (Å²) in [6.07, 6.45) is 2.68. The summed E-state index contributed by atoms with van der Waals surface area (Å²) in [5.41, 5.74) is 0. The quantitative estimate of drug-likeness (QED) is 0.552. The van der Waals surface area contributed by atoms with Crippen LogP contribution >= 0.6 is 11.6 Å². The van der Waals surface area contributed by atoms with Gasteiger partial charge in [-0.05, 0) is 19.3 Å². The zero-order chi connectivity index (χ0) is 13.2. The maximum atomic E-state index is 12.1. The molecule has 2 aliphatic rings. The molecule has 5 nitrogen and oxygen atoms in total. The lowest BCUT2D eigenvalue weighted by molar-refractivity contribution is -0.130. The normalized spacial score (nSPS) is 25.5. The molecule has 2 heterocycles. The Morgan fingerprint density at radius 1 is 1.28 bits per heavy atom. The zero-order valence-corrected chi connectivity index (χ0v) is 11.9. The van der Waals surface area contributed by atoms with Crippen LogP contribution in [0.2, 0.25) is 0 Å². The number of carbonyl (C=O) groups is 1. The number of piperazine rings is 1. The minimum absolute atomic E-state index is 0.0917. The third-order valence-electron chi connectivity index (χ3n) is 3.64. The molecule has 104 valence electrons. The van der Waals surface area contributed by atoms with Gasteiger partial charge in [0.05, 0.1) is 5.75 Å². The Morgan fingerprint density at radius 2 is 2.06 bits per heavy atom. The second-order valence-electron chi connectivity index (χ2n) is 4.85. The molecule has 18 heavy (non-hydrogen) atoms. The number of unbranched alkanes of at least 4 members (excludes halogenated alkanes) is 1. The van der Waals surface area contributed by atoms with Gasteiger partial charge >= 0.3 is 0 Å². The van der Waals surface area contributed by atoms with Crippen molar-refractivity contribution in [2.24, 2.45) is 0 Å². The van der Waals surface area contributed by atoms with Gasteiger partial charge in [0.1, 0.15) is 0 Å². The van der Waals surface area contributed by atoms with Gasteiger partial charge in [0.2, 0.25) is 15.9 Å². The standard InChI is InChI=1S/C11H19ClN2O3S/c12-5-1-2-8-18(16,17)13-6-7-14-10(9-13)3-4-11(14)15/h10H,1-9H2. The van der Waals surface area contributed by atoms with E-state index in [-0.39, 0.29) is 17.7 Å². The molecule has 0 aromatic heterocycles. The first-order valence-electron chi connectivity index (χ1n) is 6.38. The molecule has 2 aliphatic heterocycles. The lowest BCUT2D eigenvalue weighted by Gasteiger charge is -2.36. The van der Waals surface area contributed by atoms with E-state index in [1.54, 1.807) is 4.31 Å². The Labute approximate surface area is 113 Å². The van der Waals surface area contributed by atoms with Crippen LogP contribution in [-0.4, -0.2) is 60.8 Å². The number of amides is 1. The van der Waals surface area contributed by atoms with E-state index in [2.05, 4.69) is 0 Å². The van der Waals surface area contributed by atoms with Crippen molar-refractivity contribution in [2.75, 3.05) is 31.3 Å². The summed E-state index contributed by atoms with van der Waals surface area (Å²) in [5.74, 6) is 0.833. The number of hydrogen-bond acceptors (Lipinski definition) is 3. The molecule has 0 radical (unpaired) electrons. The number of sulfonamides is 1. The van der Waals surface area contributed by atoms with E-state index < -0.39 is 10.0 Å². The first kappa shape index (κ1) is 14.1. The minimum Gasteiger partial charge on any atom is -0.337 e. The molecule has 0 bridgehead atoms. The Bertz CT molecular complexity index is 413. The Balaban J connectivity index is 1.93. The molecule has 1 unspecified atom stereocenters. The van der Waals surface area contributed by atoms with Crippen LogP contribution in [0.1, 0.15) is 25.7 Å². The van der Waals surface area contributed by atoms with Crippen molar-refractivity contribution in [1.82, 2.24) is 9.21 Å². The summed E-state index contributed by atoms with van der Waals surface area (Å²) in [4.78, 5) is 13.3. The molecule has 0 aliphatic carbocycles. The average Bonchev–Trinajstić information content (AvgIpc) is 2.71. The number of carbonyl (C=O) groups excluding carboxylic acids is 1. The maximum Gasteiger partial charge on any atom is 0.222 e. The van der Waals surface area contributed by atoms with E-state index in [1.807, 2.05) is 4.90 Å². The van der Waals surface area contributed by atoms with Crippen LogP contribution in [0, 0.1) is 0 Å². The van der Waals surface area contributed by atoms with Crippen LogP contribution in [0.4, 0.5) is 0 Å². The highest BCUT2D eigenvalue weighted by Crippen LogP contribution is 2.24. The number of nitrogens with zero attached hydrogens (tertiary/aromatic N) is 2.